The molecule has 4 heteroatoms. The van der Waals surface area contributed by atoms with Gasteiger partial charge in [-0.05, 0) is 44.6 Å². The van der Waals surface area contributed by atoms with Gasteiger partial charge in [-0.1, -0.05) is 12.8 Å². The molecule has 1 saturated heterocycles. The van der Waals surface area contributed by atoms with Crippen molar-refractivity contribution >= 4 is 5.91 Å². The van der Waals surface area contributed by atoms with Crippen molar-refractivity contribution in [3.8, 4) is 0 Å². The maximum absolute atomic E-state index is 12.9. The fourth-order valence-electron chi connectivity index (χ4n) is 4.07. The van der Waals surface area contributed by atoms with Gasteiger partial charge in [-0.3, -0.25) is 4.79 Å². The summed E-state index contributed by atoms with van der Waals surface area (Å²) in [7, 11) is 0. The lowest BCUT2D eigenvalue weighted by molar-refractivity contribution is -0.00129. The summed E-state index contributed by atoms with van der Waals surface area (Å²) in [6.45, 7) is 2.80. The first-order chi connectivity index (χ1) is 10.2. The Bertz CT molecular complexity index is 497. The molecule has 2 aliphatic rings. The van der Waals surface area contributed by atoms with Gasteiger partial charge in [0.05, 0.1) is 11.7 Å². The third-order valence-electron chi connectivity index (χ3n) is 5.27. The third kappa shape index (κ3) is 2.86. The zero-order valence-electron chi connectivity index (χ0n) is 12.8. The number of H-pyrrole nitrogens is 1. The largest absolute Gasteiger partial charge is 0.393 e. The highest BCUT2D eigenvalue weighted by Gasteiger charge is 2.38. The lowest BCUT2D eigenvalue weighted by Crippen LogP contribution is -2.51. The number of nitrogens with one attached hydrogen (secondary N) is 1. The second-order valence-corrected chi connectivity index (χ2v) is 6.63. The molecule has 2 N–H and O–H groups in total. The number of amides is 1. The Morgan fingerprint density at radius 1 is 1.19 bits per heavy atom. The number of rotatable bonds is 2. The van der Waals surface area contributed by atoms with Crippen molar-refractivity contribution in [2.24, 2.45) is 5.92 Å². The van der Waals surface area contributed by atoms with Crippen LogP contribution in [0.2, 0.25) is 0 Å². The van der Waals surface area contributed by atoms with Crippen LogP contribution in [-0.4, -0.2) is 39.6 Å². The lowest BCUT2D eigenvalue weighted by Gasteiger charge is -2.43. The van der Waals surface area contributed by atoms with Gasteiger partial charge in [-0.25, -0.2) is 0 Å². The van der Waals surface area contributed by atoms with Crippen LogP contribution in [0.25, 0.3) is 0 Å². The van der Waals surface area contributed by atoms with Crippen LogP contribution in [0.4, 0.5) is 0 Å². The molecule has 0 spiro atoms. The molecule has 1 aromatic heterocycles. The molecular weight excluding hydrogens is 264 g/mol. The van der Waals surface area contributed by atoms with Crippen molar-refractivity contribution in [1.82, 2.24) is 9.88 Å². The van der Waals surface area contributed by atoms with Crippen LogP contribution in [0.5, 0.6) is 0 Å². The van der Waals surface area contributed by atoms with Crippen molar-refractivity contribution in [1.29, 1.82) is 0 Å². The summed E-state index contributed by atoms with van der Waals surface area (Å²) < 4.78 is 0. The van der Waals surface area contributed by atoms with Crippen LogP contribution in [0.15, 0.2) is 12.4 Å². The van der Waals surface area contributed by atoms with E-state index < -0.39 is 0 Å². The van der Waals surface area contributed by atoms with E-state index in [1.807, 2.05) is 18.0 Å². The van der Waals surface area contributed by atoms with Crippen LogP contribution in [0.1, 0.15) is 60.9 Å². The molecule has 21 heavy (non-hydrogen) atoms. The summed E-state index contributed by atoms with van der Waals surface area (Å²) in [5.74, 6) is 0.401. The minimum Gasteiger partial charge on any atom is -0.393 e. The molecule has 0 aromatic carbocycles. The monoisotopic (exact) mass is 290 g/mol. The Morgan fingerprint density at radius 2 is 1.95 bits per heavy atom. The standard InChI is InChI=1S/C17H26N2O2/c1-12-10-18-11-14(12)17(21)19-9-5-4-7-15(19)13-6-2-3-8-16(13)20/h10-11,13,15-16,18,20H,2-9H2,1H3. The maximum atomic E-state index is 12.9. The molecule has 3 unspecified atom stereocenters. The van der Waals surface area contributed by atoms with Crippen molar-refractivity contribution in [2.45, 2.75) is 64.0 Å². The topological polar surface area (TPSA) is 56.3 Å². The highest BCUT2D eigenvalue weighted by Crippen LogP contribution is 2.34. The molecule has 2 fully saturated rings. The zero-order valence-corrected chi connectivity index (χ0v) is 12.8. The average molecular weight is 290 g/mol. The summed E-state index contributed by atoms with van der Waals surface area (Å²) in [5, 5.41) is 10.4. The first kappa shape index (κ1) is 14.6. The molecule has 1 aromatic rings. The number of hydrogen-bond donors (Lipinski definition) is 2. The van der Waals surface area contributed by atoms with Crippen LogP contribution in [0, 0.1) is 12.8 Å². The number of carbonyl (C=O) groups is 1. The average Bonchev–Trinajstić information content (AvgIpc) is 2.93. The molecular formula is C17H26N2O2. The molecule has 2 heterocycles. The maximum Gasteiger partial charge on any atom is 0.255 e. The molecule has 0 bridgehead atoms. The molecule has 4 nitrogen and oxygen atoms in total. The molecule has 1 aliphatic carbocycles. The summed E-state index contributed by atoms with van der Waals surface area (Å²) >= 11 is 0. The van der Waals surface area contributed by atoms with Crippen molar-refractivity contribution in [3.63, 3.8) is 0 Å². The number of hydrogen-bond acceptors (Lipinski definition) is 2. The smallest absolute Gasteiger partial charge is 0.255 e. The minimum absolute atomic E-state index is 0.135. The number of aryl methyl sites for hydroxylation is 1. The number of piperidine rings is 1. The molecule has 3 atom stereocenters. The SMILES string of the molecule is Cc1c[nH]cc1C(=O)N1CCCCC1C1CCCCC1O. The van der Waals surface area contributed by atoms with E-state index in [0.29, 0.717) is 0 Å². The van der Waals surface area contributed by atoms with Gasteiger partial charge in [0.1, 0.15) is 0 Å². The zero-order chi connectivity index (χ0) is 14.8. The van der Waals surface area contributed by atoms with Gasteiger partial charge in [0.25, 0.3) is 5.91 Å². The predicted molar refractivity (Wildman–Crippen MR) is 82.2 cm³/mol. The van der Waals surface area contributed by atoms with Gasteiger partial charge in [0.2, 0.25) is 0 Å². The van der Waals surface area contributed by atoms with Gasteiger partial charge >= 0.3 is 0 Å². The van der Waals surface area contributed by atoms with Gasteiger partial charge in [0, 0.05) is 30.9 Å². The van der Waals surface area contributed by atoms with E-state index in [1.165, 1.54) is 12.8 Å². The van der Waals surface area contributed by atoms with Crippen LogP contribution < -0.4 is 0 Å². The molecule has 1 amide bonds. The highest BCUT2D eigenvalue weighted by atomic mass is 16.3. The number of aliphatic hydroxyl groups excluding tert-OH is 1. The van der Waals surface area contributed by atoms with Crippen LogP contribution in [0.3, 0.4) is 0 Å². The van der Waals surface area contributed by atoms with E-state index in [9.17, 15) is 9.90 Å². The first-order valence-corrected chi connectivity index (χ1v) is 8.31. The number of aliphatic hydroxyl groups is 1. The van der Waals surface area contributed by atoms with E-state index in [2.05, 4.69) is 4.98 Å². The van der Waals surface area contributed by atoms with Crippen LogP contribution >= 0.6 is 0 Å². The molecule has 0 radical (unpaired) electrons. The number of aromatic amines is 1. The summed E-state index contributed by atoms with van der Waals surface area (Å²) in [6, 6.07) is 0.218. The van der Waals surface area contributed by atoms with E-state index in [4.69, 9.17) is 0 Å². The summed E-state index contributed by atoms with van der Waals surface area (Å²) in [6.07, 6.45) is 11.0. The molecule has 1 saturated carbocycles. The Balaban J connectivity index is 1.81. The lowest BCUT2D eigenvalue weighted by atomic mass is 9.78. The number of likely N-dealkylation sites (tertiary alicyclic amines) is 1. The molecule has 3 rings (SSSR count). The van der Waals surface area contributed by atoms with Gasteiger partial charge in [-0.15, -0.1) is 0 Å². The van der Waals surface area contributed by atoms with Crippen molar-refractivity contribution in [3.05, 3.63) is 23.5 Å². The number of nitrogens with zero attached hydrogens (tertiary/aromatic N) is 1. The quantitative estimate of drug-likeness (QED) is 0.880. The van der Waals surface area contributed by atoms with E-state index >= 15 is 0 Å². The van der Waals surface area contributed by atoms with Gasteiger partial charge in [0.15, 0.2) is 0 Å². The molecule has 1 aliphatic heterocycles. The van der Waals surface area contributed by atoms with Crippen molar-refractivity contribution in [2.75, 3.05) is 6.54 Å². The Kier molecular flexibility index (Phi) is 4.34. The Morgan fingerprint density at radius 3 is 2.67 bits per heavy atom. The Labute approximate surface area is 126 Å². The third-order valence-corrected chi connectivity index (χ3v) is 5.27. The normalized spacial score (nSPS) is 30.4. The number of carbonyl (C=O) groups excluding carboxylic acids is 1. The van der Waals surface area contributed by atoms with Gasteiger partial charge in [-0.2, -0.15) is 0 Å². The Hall–Kier alpha value is -1.29. The highest BCUT2D eigenvalue weighted by molar-refractivity contribution is 5.95. The van der Waals surface area contributed by atoms with Gasteiger partial charge < -0.3 is 15.0 Å². The van der Waals surface area contributed by atoms with Crippen molar-refractivity contribution < 1.29 is 9.90 Å². The summed E-state index contributed by atoms with van der Waals surface area (Å²) in [5.41, 5.74) is 1.79. The number of aromatic nitrogens is 1. The fraction of sp³-hybridized carbons (Fsp3) is 0.706. The fourth-order valence-corrected chi connectivity index (χ4v) is 4.07. The van der Waals surface area contributed by atoms with E-state index in [0.717, 1.165) is 49.8 Å². The molecule has 116 valence electrons. The van der Waals surface area contributed by atoms with E-state index in [1.54, 1.807) is 6.20 Å². The second-order valence-electron chi connectivity index (χ2n) is 6.63. The first-order valence-electron chi connectivity index (χ1n) is 8.31. The summed E-state index contributed by atoms with van der Waals surface area (Å²) in [4.78, 5) is 17.9. The second kappa shape index (κ2) is 6.22. The van der Waals surface area contributed by atoms with Crippen LogP contribution in [-0.2, 0) is 0 Å². The predicted octanol–water partition coefficient (Wildman–Crippen LogP) is 2.87. The minimum atomic E-state index is -0.232. The van der Waals surface area contributed by atoms with E-state index in [-0.39, 0.29) is 24.0 Å².